The largest absolute Gasteiger partial charge is 0.542 e. The van der Waals surface area contributed by atoms with Gasteiger partial charge >= 0.3 is 17.4 Å². The quantitative estimate of drug-likeness (QED) is 0.497. The average molecular weight is 604 g/mol. The highest BCUT2D eigenvalue weighted by Crippen LogP contribution is 2.22. The molecular formula is C25H33BrF3N5O4. The van der Waals surface area contributed by atoms with E-state index in [4.69, 9.17) is 14.9 Å². The number of carbonyl (C=O) groups excluding carboxylic acids is 1. The molecule has 2 heterocycles. The van der Waals surface area contributed by atoms with Crippen molar-refractivity contribution >= 4 is 39.2 Å². The van der Waals surface area contributed by atoms with Crippen molar-refractivity contribution in [2.75, 3.05) is 0 Å². The van der Waals surface area contributed by atoms with Gasteiger partial charge in [0.25, 0.3) is 0 Å². The molecule has 0 fully saturated rings. The number of hydrogen-bond donors (Lipinski definition) is 1. The van der Waals surface area contributed by atoms with Gasteiger partial charge in [0.1, 0.15) is 5.97 Å². The summed E-state index contributed by atoms with van der Waals surface area (Å²) < 4.78 is 35.6. The van der Waals surface area contributed by atoms with E-state index in [1.807, 2.05) is 29.6 Å². The third-order valence-electron chi connectivity index (χ3n) is 5.70. The first-order valence-electron chi connectivity index (χ1n) is 12.1. The highest BCUT2D eigenvalue weighted by Gasteiger charge is 2.31. The van der Waals surface area contributed by atoms with E-state index in [0.29, 0.717) is 24.5 Å². The minimum atomic E-state index is -5.19. The predicted octanol–water partition coefficient (Wildman–Crippen LogP) is 2.28. The summed E-state index contributed by atoms with van der Waals surface area (Å²) in [4.78, 5) is 42.4. The number of aromatic nitrogens is 2. The molecule has 0 bridgehead atoms. The summed E-state index contributed by atoms with van der Waals surface area (Å²) in [5.41, 5.74) is 1.07. The van der Waals surface area contributed by atoms with E-state index in [2.05, 4.69) is 62.4 Å². The lowest BCUT2D eigenvalue weighted by molar-refractivity contribution is -0.442. The van der Waals surface area contributed by atoms with Crippen LogP contribution in [-0.4, -0.2) is 44.1 Å². The van der Waals surface area contributed by atoms with E-state index in [9.17, 15) is 22.8 Å². The molecule has 13 heteroatoms. The molecular weight excluding hydrogens is 571 g/mol. The zero-order valence-electron chi connectivity index (χ0n) is 22.2. The number of fused-ring (bicyclic) bond motifs is 1. The molecule has 9 nitrogen and oxygen atoms in total. The van der Waals surface area contributed by atoms with Crippen LogP contribution >= 0.6 is 15.9 Å². The van der Waals surface area contributed by atoms with Crippen molar-refractivity contribution in [3.05, 3.63) is 55.1 Å². The van der Waals surface area contributed by atoms with Gasteiger partial charge in [-0.3, -0.25) is 19.6 Å². The zero-order chi connectivity index (χ0) is 28.9. The fraction of sp³-hybridized carbons (Fsp3) is 0.520. The lowest BCUT2D eigenvalue weighted by Crippen LogP contribution is -2.83. The molecule has 0 spiro atoms. The summed E-state index contributed by atoms with van der Waals surface area (Å²) in [6.45, 7) is 13.2. The molecule has 0 amide bonds. The number of carboxylic acid groups (broad SMARTS) is 1. The van der Waals surface area contributed by atoms with Crippen molar-refractivity contribution in [2.24, 2.45) is 10.9 Å². The van der Waals surface area contributed by atoms with Gasteiger partial charge in [-0.2, -0.15) is 18.2 Å². The second-order valence-electron chi connectivity index (χ2n) is 9.94. The van der Waals surface area contributed by atoms with Gasteiger partial charge in [0.05, 0.1) is 13.1 Å². The van der Waals surface area contributed by atoms with Gasteiger partial charge in [0, 0.05) is 23.1 Å². The summed E-state index contributed by atoms with van der Waals surface area (Å²) >= 11 is 3.45. The van der Waals surface area contributed by atoms with Gasteiger partial charge in [-0.15, -0.1) is 0 Å². The van der Waals surface area contributed by atoms with E-state index in [1.54, 1.807) is 4.57 Å². The number of nitrogens with two attached hydrogens (primary N) is 1. The molecule has 0 radical (unpaired) electrons. The summed E-state index contributed by atoms with van der Waals surface area (Å²) in [5.74, 6) is -1.46. The number of carbonyl (C=O) groups is 1. The maximum absolute atomic E-state index is 13.4. The Hall–Kier alpha value is -2.77. The molecule has 1 aromatic carbocycles. The molecule has 2 aromatic rings. The third kappa shape index (κ3) is 8.11. The molecule has 0 saturated heterocycles. The number of carboxylic acids is 1. The first kappa shape index (κ1) is 31.4. The molecule has 0 unspecified atom stereocenters. The number of halogens is 4. The zero-order valence-corrected chi connectivity index (χ0v) is 23.8. The number of amidine groups is 1. The van der Waals surface area contributed by atoms with Crippen LogP contribution in [0.2, 0.25) is 0 Å². The van der Waals surface area contributed by atoms with Gasteiger partial charge in [-0.05, 0) is 51.3 Å². The van der Waals surface area contributed by atoms with Crippen LogP contribution < -0.4 is 21.7 Å². The van der Waals surface area contributed by atoms with Crippen molar-refractivity contribution < 1.29 is 28.4 Å². The smallest absolute Gasteiger partial charge is 0.430 e. The van der Waals surface area contributed by atoms with Crippen LogP contribution in [-0.2, 0) is 24.4 Å². The summed E-state index contributed by atoms with van der Waals surface area (Å²) in [6, 6.07) is 8.48. The Morgan fingerprint density at radius 3 is 2.03 bits per heavy atom. The van der Waals surface area contributed by atoms with Crippen molar-refractivity contribution in [1.82, 2.24) is 14.0 Å². The maximum atomic E-state index is 13.4. The lowest BCUT2D eigenvalue weighted by atomic mass is 10.1. The monoisotopic (exact) mass is 603 g/mol. The Morgan fingerprint density at radius 2 is 1.58 bits per heavy atom. The predicted molar refractivity (Wildman–Crippen MR) is 139 cm³/mol. The van der Waals surface area contributed by atoms with Crippen LogP contribution in [0.15, 0.2) is 43.3 Å². The molecule has 1 aliphatic rings. The Kier molecular flexibility index (Phi) is 10.6. The normalized spacial score (nSPS) is 13.2. The number of nitrogens with zero attached hydrogens (tertiary/aromatic N) is 4. The molecule has 3 rings (SSSR count). The maximum Gasteiger partial charge on any atom is 0.430 e. The molecule has 0 saturated carbocycles. The van der Waals surface area contributed by atoms with Gasteiger partial charge in [0.15, 0.2) is 0 Å². The Balaban J connectivity index is 0.000000638. The highest BCUT2D eigenvalue weighted by molar-refractivity contribution is 9.10. The van der Waals surface area contributed by atoms with Crippen molar-refractivity contribution in [2.45, 2.75) is 79.4 Å². The van der Waals surface area contributed by atoms with E-state index in [-0.39, 0.29) is 35.9 Å². The SMILES string of the molecule is CC(C)Cn1c2c(c(=O)n(CN(C(C)C)C(C)C)c1=O)[NH2+]C(Cc1ccc(Br)cc1)=N2.O=C([O-])C(F)(F)F. The summed E-state index contributed by atoms with van der Waals surface area (Å²) in [6.07, 6.45) is -4.58. The minimum absolute atomic E-state index is 0.214. The fourth-order valence-electron chi connectivity index (χ4n) is 3.93. The van der Waals surface area contributed by atoms with Crippen LogP contribution in [0, 0.1) is 5.92 Å². The van der Waals surface area contributed by atoms with Gasteiger partial charge in [0.2, 0.25) is 17.3 Å². The molecule has 210 valence electrons. The van der Waals surface area contributed by atoms with E-state index < -0.39 is 12.1 Å². The molecule has 2 N–H and O–H groups in total. The molecule has 1 aromatic heterocycles. The van der Waals surface area contributed by atoms with E-state index in [0.717, 1.165) is 15.9 Å². The highest BCUT2D eigenvalue weighted by atomic mass is 79.9. The first-order chi connectivity index (χ1) is 17.5. The van der Waals surface area contributed by atoms with Crippen molar-refractivity contribution in [3.8, 4) is 0 Å². The van der Waals surface area contributed by atoms with E-state index >= 15 is 0 Å². The van der Waals surface area contributed by atoms with Crippen LogP contribution in [0.3, 0.4) is 0 Å². The number of aliphatic carboxylic acids is 1. The molecule has 0 atom stereocenters. The van der Waals surface area contributed by atoms with Crippen molar-refractivity contribution in [1.29, 1.82) is 0 Å². The minimum Gasteiger partial charge on any atom is -0.542 e. The summed E-state index contributed by atoms with van der Waals surface area (Å²) in [7, 11) is 0. The lowest BCUT2D eigenvalue weighted by Gasteiger charge is -2.30. The van der Waals surface area contributed by atoms with Crippen LogP contribution in [0.4, 0.5) is 24.7 Å². The number of hydrogen-bond acceptors (Lipinski definition) is 6. The standard InChI is InChI=1S/C23H32BrN5O2.C2HF3O2/c1-14(2)12-27-21-20(25-19(26-21)11-17-7-9-18(24)10-8-17)22(30)29(23(27)31)13-28(15(3)4)16(5)6;3-2(4,5)1(6)7/h7-10,14-16H,11-13H2,1-6H3,(H,25,26);(H,6,7). The molecule has 0 aliphatic carbocycles. The van der Waals surface area contributed by atoms with E-state index in [1.165, 1.54) is 4.57 Å². The average Bonchev–Trinajstić information content (AvgIpc) is 3.21. The number of quaternary nitrogens is 1. The second kappa shape index (κ2) is 12.9. The Bertz CT molecular complexity index is 1270. The fourth-order valence-corrected chi connectivity index (χ4v) is 4.20. The Morgan fingerprint density at radius 1 is 1.05 bits per heavy atom. The molecule has 1 aliphatic heterocycles. The number of rotatable bonds is 8. The van der Waals surface area contributed by atoms with Crippen LogP contribution in [0.1, 0.15) is 47.1 Å². The summed E-state index contributed by atoms with van der Waals surface area (Å²) in [5, 5.41) is 10.6. The third-order valence-corrected chi connectivity index (χ3v) is 6.23. The molecule has 38 heavy (non-hydrogen) atoms. The second-order valence-corrected chi connectivity index (χ2v) is 10.9. The van der Waals surface area contributed by atoms with Gasteiger partial charge in [-0.1, -0.05) is 41.9 Å². The Labute approximate surface area is 227 Å². The van der Waals surface area contributed by atoms with Crippen molar-refractivity contribution in [3.63, 3.8) is 0 Å². The number of alkyl halides is 3. The number of aliphatic imine (C=N–C) groups is 1. The van der Waals surface area contributed by atoms with Crippen LogP contribution in [0.25, 0.3) is 0 Å². The van der Waals surface area contributed by atoms with Crippen LogP contribution in [0.5, 0.6) is 0 Å². The van der Waals surface area contributed by atoms with Gasteiger partial charge < -0.3 is 9.90 Å². The topological polar surface area (TPSA) is 116 Å². The first-order valence-corrected chi connectivity index (χ1v) is 12.9. The number of benzene rings is 1. The van der Waals surface area contributed by atoms with Gasteiger partial charge in [-0.25, -0.2) is 9.36 Å².